The monoisotopic (exact) mass is 431 g/mol. The molecule has 0 radical (unpaired) electrons. The maximum Gasteiger partial charge on any atom is 0.255 e. The molecule has 0 aliphatic carbocycles. The summed E-state index contributed by atoms with van der Waals surface area (Å²) in [7, 11) is 1.62. The van der Waals surface area contributed by atoms with Crippen molar-refractivity contribution in [1.82, 2.24) is 24.8 Å². The summed E-state index contributed by atoms with van der Waals surface area (Å²) < 4.78 is 17.8. The number of nitrogens with one attached hydrogen (secondary N) is 1. The quantitative estimate of drug-likeness (QED) is 0.666. The number of tetrazole rings is 1. The highest BCUT2D eigenvalue weighted by Gasteiger charge is 2.19. The van der Waals surface area contributed by atoms with Crippen molar-refractivity contribution >= 4 is 27.3 Å². The van der Waals surface area contributed by atoms with Crippen LogP contribution in [0.2, 0.25) is 0 Å². The predicted molar refractivity (Wildman–Crippen MR) is 101 cm³/mol. The molecule has 0 saturated heterocycles. The van der Waals surface area contributed by atoms with Crippen LogP contribution in [0.25, 0.3) is 11.4 Å². The van der Waals surface area contributed by atoms with Crippen LogP contribution in [0.3, 0.4) is 0 Å². The molecule has 1 aromatic carbocycles. The van der Waals surface area contributed by atoms with E-state index >= 15 is 0 Å². The Kier molecular flexibility index (Phi) is 5.32. The lowest BCUT2D eigenvalue weighted by atomic mass is 10.1. The van der Waals surface area contributed by atoms with Crippen molar-refractivity contribution in [3.05, 3.63) is 50.6 Å². The second-order valence-electron chi connectivity index (χ2n) is 5.84. The number of halogens is 2. The Morgan fingerprint density at radius 2 is 2.19 bits per heavy atom. The molecule has 0 bridgehead atoms. The summed E-state index contributed by atoms with van der Waals surface area (Å²) in [5.74, 6) is -0.0940. The molecule has 10 heteroatoms. The minimum atomic E-state index is -0.473. The van der Waals surface area contributed by atoms with Gasteiger partial charge in [0.15, 0.2) is 5.82 Å². The van der Waals surface area contributed by atoms with Crippen molar-refractivity contribution in [3.8, 4) is 17.5 Å². The first-order valence-electron chi connectivity index (χ1n) is 7.98. The Labute approximate surface area is 162 Å². The first-order chi connectivity index (χ1) is 12.9. The first-order valence-corrected chi connectivity index (χ1v) is 8.77. The Hall–Kier alpha value is -3.06. The van der Waals surface area contributed by atoms with Crippen molar-refractivity contribution < 1.29 is 4.39 Å². The van der Waals surface area contributed by atoms with Gasteiger partial charge in [0.05, 0.1) is 36.0 Å². The summed E-state index contributed by atoms with van der Waals surface area (Å²) in [5, 5.41) is 23.4. The Bertz CT molecular complexity index is 1100. The molecular weight excluding hydrogens is 417 g/mol. The zero-order chi connectivity index (χ0) is 19.6. The average Bonchev–Trinajstić information content (AvgIpc) is 3.10. The van der Waals surface area contributed by atoms with Crippen LogP contribution in [-0.4, -0.2) is 24.8 Å². The van der Waals surface area contributed by atoms with Gasteiger partial charge in [-0.2, -0.15) is 5.26 Å². The van der Waals surface area contributed by atoms with Gasteiger partial charge in [-0.05, 0) is 35.5 Å². The van der Waals surface area contributed by atoms with Gasteiger partial charge in [-0.1, -0.05) is 15.9 Å². The van der Waals surface area contributed by atoms with E-state index in [1.165, 1.54) is 15.3 Å². The average molecular weight is 432 g/mol. The number of anilines is 2. The van der Waals surface area contributed by atoms with Gasteiger partial charge in [0.1, 0.15) is 5.82 Å². The molecule has 8 nitrogen and oxygen atoms in total. The predicted octanol–water partition coefficient (Wildman–Crippen LogP) is 2.91. The molecule has 2 aromatic heterocycles. The first kappa shape index (κ1) is 18.7. The van der Waals surface area contributed by atoms with Gasteiger partial charge in [0.2, 0.25) is 0 Å². The van der Waals surface area contributed by atoms with Crippen LogP contribution in [0.1, 0.15) is 12.0 Å². The molecule has 138 valence electrons. The minimum absolute atomic E-state index is 0.215. The van der Waals surface area contributed by atoms with E-state index in [0.29, 0.717) is 33.7 Å². The number of aryl methyl sites for hydroxylation is 2. The van der Waals surface area contributed by atoms with Crippen LogP contribution in [0.4, 0.5) is 15.8 Å². The van der Waals surface area contributed by atoms with Crippen molar-refractivity contribution in [2.75, 3.05) is 5.32 Å². The van der Waals surface area contributed by atoms with E-state index in [9.17, 15) is 9.18 Å². The SMILES string of the molecule is Cc1c(Nc2ccc(Br)cc2F)c(-c2nnnn2CCC#N)cn(C)c1=O. The number of aromatic nitrogens is 5. The number of rotatable bonds is 5. The van der Waals surface area contributed by atoms with Gasteiger partial charge in [0.25, 0.3) is 5.56 Å². The number of hydrogen-bond donors (Lipinski definition) is 1. The third kappa shape index (κ3) is 3.73. The minimum Gasteiger partial charge on any atom is -0.352 e. The Balaban J connectivity index is 2.16. The normalized spacial score (nSPS) is 10.6. The molecule has 3 rings (SSSR count). The third-order valence-electron chi connectivity index (χ3n) is 4.01. The summed E-state index contributed by atoms with van der Waals surface area (Å²) in [4.78, 5) is 12.4. The van der Waals surface area contributed by atoms with Gasteiger partial charge in [-0.25, -0.2) is 9.07 Å². The molecule has 0 fully saturated rings. The lowest BCUT2D eigenvalue weighted by Crippen LogP contribution is -2.21. The molecular formula is C17H15BrFN7O. The fourth-order valence-electron chi connectivity index (χ4n) is 2.65. The molecule has 0 aliphatic rings. The molecule has 0 spiro atoms. The van der Waals surface area contributed by atoms with Crippen LogP contribution >= 0.6 is 15.9 Å². The largest absolute Gasteiger partial charge is 0.352 e. The van der Waals surface area contributed by atoms with Crippen LogP contribution in [0.5, 0.6) is 0 Å². The van der Waals surface area contributed by atoms with Crippen LogP contribution in [0.15, 0.2) is 33.7 Å². The van der Waals surface area contributed by atoms with E-state index in [1.54, 1.807) is 32.3 Å². The lowest BCUT2D eigenvalue weighted by Gasteiger charge is -2.16. The highest BCUT2D eigenvalue weighted by Crippen LogP contribution is 2.31. The van der Waals surface area contributed by atoms with Crippen molar-refractivity contribution in [3.63, 3.8) is 0 Å². The molecule has 2 heterocycles. The molecule has 27 heavy (non-hydrogen) atoms. The van der Waals surface area contributed by atoms with E-state index < -0.39 is 5.82 Å². The van der Waals surface area contributed by atoms with Crippen molar-refractivity contribution in [2.45, 2.75) is 19.9 Å². The van der Waals surface area contributed by atoms with E-state index in [1.807, 2.05) is 6.07 Å². The summed E-state index contributed by atoms with van der Waals surface area (Å²) in [6.45, 7) is 1.95. The third-order valence-corrected chi connectivity index (χ3v) is 4.50. The van der Waals surface area contributed by atoms with Gasteiger partial charge < -0.3 is 9.88 Å². The number of nitrogens with zero attached hydrogens (tertiary/aromatic N) is 6. The number of hydrogen-bond acceptors (Lipinski definition) is 6. The Morgan fingerprint density at radius 1 is 1.41 bits per heavy atom. The van der Waals surface area contributed by atoms with E-state index in [-0.39, 0.29) is 17.7 Å². The maximum atomic E-state index is 14.3. The van der Waals surface area contributed by atoms with Crippen molar-refractivity contribution in [1.29, 1.82) is 5.26 Å². The highest BCUT2D eigenvalue weighted by molar-refractivity contribution is 9.10. The van der Waals surface area contributed by atoms with E-state index in [0.717, 1.165) is 0 Å². The van der Waals surface area contributed by atoms with Crippen LogP contribution in [-0.2, 0) is 13.6 Å². The van der Waals surface area contributed by atoms with Crippen LogP contribution < -0.4 is 10.9 Å². The Morgan fingerprint density at radius 3 is 2.89 bits per heavy atom. The smallest absolute Gasteiger partial charge is 0.255 e. The zero-order valence-electron chi connectivity index (χ0n) is 14.6. The molecule has 0 aliphatic heterocycles. The molecule has 0 amide bonds. The fourth-order valence-corrected chi connectivity index (χ4v) is 2.98. The number of pyridine rings is 1. The second kappa shape index (κ2) is 7.67. The lowest BCUT2D eigenvalue weighted by molar-refractivity contribution is 0.604. The van der Waals surface area contributed by atoms with Crippen molar-refractivity contribution in [2.24, 2.45) is 7.05 Å². The summed E-state index contributed by atoms with van der Waals surface area (Å²) in [6, 6.07) is 6.63. The zero-order valence-corrected chi connectivity index (χ0v) is 16.2. The standard InChI is InChI=1S/C17H15BrFN7O/c1-10-15(21-14-5-4-11(18)8-13(14)19)12(9-25(2)17(10)27)16-22-23-24-26(16)7-3-6-20/h4-5,8-9,21H,3,7H2,1-2H3. The molecule has 1 N–H and O–H groups in total. The summed E-state index contributed by atoms with van der Waals surface area (Å²) in [5.41, 5.74) is 1.32. The molecule has 0 unspecified atom stereocenters. The van der Waals surface area contributed by atoms with Gasteiger partial charge in [-0.15, -0.1) is 5.10 Å². The van der Waals surface area contributed by atoms with E-state index in [2.05, 4.69) is 36.8 Å². The molecule has 3 aromatic rings. The topological polar surface area (TPSA) is 101 Å². The summed E-state index contributed by atoms with van der Waals surface area (Å²) in [6.07, 6.45) is 1.82. The molecule has 0 saturated carbocycles. The highest BCUT2D eigenvalue weighted by atomic mass is 79.9. The van der Waals surface area contributed by atoms with Gasteiger partial charge in [-0.3, -0.25) is 4.79 Å². The van der Waals surface area contributed by atoms with Gasteiger partial charge >= 0.3 is 0 Å². The molecule has 0 atom stereocenters. The van der Waals surface area contributed by atoms with E-state index in [4.69, 9.17) is 5.26 Å². The summed E-state index contributed by atoms with van der Waals surface area (Å²) >= 11 is 3.22. The maximum absolute atomic E-state index is 14.3. The number of nitriles is 1. The van der Waals surface area contributed by atoms with Crippen LogP contribution in [0, 0.1) is 24.1 Å². The fraction of sp³-hybridized carbons (Fsp3) is 0.235. The van der Waals surface area contributed by atoms with Gasteiger partial charge in [0, 0.05) is 23.3 Å². The number of benzene rings is 1. The second-order valence-corrected chi connectivity index (χ2v) is 6.76.